The molecule has 1 aliphatic rings. The van der Waals surface area contributed by atoms with Crippen molar-refractivity contribution in [3.63, 3.8) is 0 Å². The van der Waals surface area contributed by atoms with Crippen molar-refractivity contribution >= 4 is 63.3 Å². The van der Waals surface area contributed by atoms with Crippen molar-refractivity contribution < 1.29 is 43.7 Å². The monoisotopic (exact) mass is 678 g/mol. The Hall–Kier alpha value is -1.90. The van der Waals surface area contributed by atoms with Crippen LogP contribution in [0.1, 0.15) is 23.7 Å². The number of sulfone groups is 1. The number of nitro benzene ring substituents is 1. The summed E-state index contributed by atoms with van der Waals surface area (Å²) < 4.78 is 85.6. The maximum absolute atomic E-state index is 13.5. The summed E-state index contributed by atoms with van der Waals surface area (Å²) in [5.74, 6) is -0.770. The van der Waals surface area contributed by atoms with Gasteiger partial charge in [-0.05, 0) is 12.5 Å². The van der Waals surface area contributed by atoms with Crippen LogP contribution in [0.4, 0.5) is 11.4 Å². The topological polar surface area (TPSA) is 202 Å². The Balaban J connectivity index is 2.51. The number of benzene rings is 1. The Morgan fingerprint density at radius 2 is 1.72 bits per heavy atom. The van der Waals surface area contributed by atoms with Gasteiger partial charge in [0.05, 0.1) is 28.4 Å². The van der Waals surface area contributed by atoms with Crippen molar-refractivity contribution in [3.05, 3.63) is 27.8 Å². The van der Waals surface area contributed by atoms with Crippen molar-refractivity contribution in [3.8, 4) is 0 Å². The quantitative estimate of drug-likeness (QED) is 0.0997. The smallest absolute Gasteiger partial charge is 0.283 e. The van der Waals surface area contributed by atoms with E-state index in [9.17, 15) is 44.7 Å². The molecule has 1 fully saturated rings. The molecule has 1 saturated heterocycles. The van der Waals surface area contributed by atoms with E-state index in [-0.39, 0.29) is 63.5 Å². The number of nitro groups is 1. The third-order valence-electron chi connectivity index (χ3n) is 5.96. The molecule has 1 heterocycles. The number of anilines is 1. The normalized spacial score (nSPS) is 16.2. The molecular weight excluding hydrogens is 648 g/mol. The third kappa shape index (κ3) is 9.05. The molecule has 222 valence electrons. The first kappa shape index (κ1) is 33.3. The van der Waals surface area contributed by atoms with Gasteiger partial charge in [0.15, 0.2) is 9.84 Å². The molecule has 0 bridgehead atoms. The molecule has 39 heavy (non-hydrogen) atoms. The van der Waals surface area contributed by atoms with Crippen LogP contribution in [0.15, 0.2) is 17.0 Å². The summed E-state index contributed by atoms with van der Waals surface area (Å²) in [6.45, 7) is 1.42. The lowest BCUT2D eigenvalue weighted by molar-refractivity contribution is -0.385. The fraction of sp³-hybridized carbons (Fsp3) is 0.650. The van der Waals surface area contributed by atoms with Crippen molar-refractivity contribution in [2.45, 2.75) is 23.6 Å². The van der Waals surface area contributed by atoms with E-state index in [0.717, 1.165) is 24.6 Å². The SMILES string of the molecule is CCC(N1CCN(C(=O)c2cc(N(CCBr)CCOS(C)(=O)=O)c(S(C)(=O)=O)cc2[N+](=O)[O-])CC1)S(=O)(=O)O. The van der Waals surface area contributed by atoms with E-state index < -0.39 is 56.9 Å². The van der Waals surface area contributed by atoms with Crippen LogP contribution in [0.3, 0.4) is 0 Å². The molecule has 0 saturated carbocycles. The second kappa shape index (κ2) is 13.2. The number of carbonyl (C=O) groups excluding carboxylic acids is 1. The van der Waals surface area contributed by atoms with Gasteiger partial charge < -0.3 is 9.80 Å². The highest BCUT2D eigenvalue weighted by molar-refractivity contribution is 9.09. The standard InChI is InChI=1S/C20H31BrN4O11S3/c1-4-19(39(33,34)35)23-7-9-24(10-8-23)20(26)15-13-17(18(37(2,29)30)14-16(15)25(27)28)22(6-5-21)11-12-36-38(3,31)32/h13-14,19H,4-12H2,1-3H3,(H,33,34,35). The summed E-state index contributed by atoms with van der Waals surface area (Å²) in [5, 5.41) is 11.1. The molecule has 1 aromatic rings. The summed E-state index contributed by atoms with van der Waals surface area (Å²) >= 11 is 3.24. The van der Waals surface area contributed by atoms with Gasteiger partial charge in [-0.25, -0.2) is 8.42 Å². The molecule has 1 N–H and O–H groups in total. The molecule has 0 aliphatic carbocycles. The minimum atomic E-state index is -4.36. The number of hydrogen-bond acceptors (Lipinski definition) is 12. The van der Waals surface area contributed by atoms with Gasteiger partial charge in [-0.2, -0.15) is 16.8 Å². The lowest BCUT2D eigenvalue weighted by Crippen LogP contribution is -2.53. The zero-order valence-corrected chi connectivity index (χ0v) is 25.6. The predicted octanol–water partition coefficient (Wildman–Crippen LogP) is 0.558. The van der Waals surface area contributed by atoms with Crippen LogP contribution >= 0.6 is 15.9 Å². The van der Waals surface area contributed by atoms with E-state index in [0.29, 0.717) is 5.33 Å². The number of nitrogens with zero attached hydrogens (tertiary/aromatic N) is 4. The van der Waals surface area contributed by atoms with Gasteiger partial charge in [-0.3, -0.25) is 28.5 Å². The Bertz CT molecular complexity index is 1390. The van der Waals surface area contributed by atoms with Gasteiger partial charge in [0.1, 0.15) is 10.9 Å². The Kier molecular flexibility index (Phi) is 11.3. The van der Waals surface area contributed by atoms with Crippen LogP contribution < -0.4 is 4.90 Å². The first-order valence-corrected chi connectivity index (χ1v) is 17.9. The lowest BCUT2D eigenvalue weighted by Gasteiger charge is -2.37. The highest BCUT2D eigenvalue weighted by Gasteiger charge is 2.35. The Morgan fingerprint density at radius 1 is 1.13 bits per heavy atom. The average molecular weight is 680 g/mol. The van der Waals surface area contributed by atoms with Crippen LogP contribution in [0, 0.1) is 10.1 Å². The molecule has 1 aromatic carbocycles. The van der Waals surface area contributed by atoms with Gasteiger partial charge in [0.2, 0.25) is 0 Å². The van der Waals surface area contributed by atoms with E-state index in [4.69, 9.17) is 4.18 Å². The van der Waals surface area contributed by atoms with Crippen molar-refractivity contribution in [2.24, 2.45) is 0 Å². The molecule has 0 aromatic heterocycles. The minimum Gasteiger partial charge on any atom is -0.367 e. The average Bonchev–Trinajstić information content (AvgIpc) is 2.81. The summed E-state index contributed by atoms with van der Waals surface area (Å²) in [7, 11) is -12.2. The lowest BCUT2D eigenvalue weighted by atomic mass is 10.1. The first-order chi connectivity index (χ1) is 17.9. The summed E-state index contributed by atoms with van der Waals surface area (Å²) in [6.07, 6.45) is 1.82. The molecule has 0 radical (unpaired) electrons. The highest BCUT2D eigenvalue weighted by Crippen LogP contribution is 2.34. The van der Waals surface area contributed by atoms with E-state index in [1.165, 1.54) is 14.7 Å². The van der Waals surface area contributed by atoms with E-state index >= 15 is 0 Å². The summed E-state index contributed by atoms with van der Waals surface area (Å²) in [4.78, 5) is 28.3. The molecule has 1 unspecified atom stereocenters. The first-order valence-electron chi connectivity index (χ1n) is 11.6. The van der Waals surface area contributed by atoms with Crippen LogP contribution in [0.5, 0.6) is 0 Å². The van der Waals surface area contributed by atoms with Crippen LogP contribution in [0.25, 0.3) is 0 Å². The molecule has 1 atom stereocenters. The molecule has 15 nitrogen and oxygen atoms in total. The molecule has 2 rings (SSSR count). The van der Waals surface area contributed by atoms with Gasteiger partial charge in [-0.1, -0.05) is 22.9 Å². The summed E-state index contributed by atoms with van der Waals surface area (Å²) in [5.41, 5.74) is -1.16. The summed E-state index contributed by atoms with van der Waals surface area (Å²) in [6, 6.07) is 1.90. The molecule has 1 aliphatic heterocycles. The highest BCUT2D eigenvalue weighted by atomic mass is 79.9. The van der Waals surface area contributed by atoms with Crippen LogP contribution in [0.2, 0.25) is 0 Å². The number of alkyl halides is 1. The van der Waals surface area contributed by atoms with Crippen molar-refractivity contribution in [1.82, 2.24) is 9.80 Å². The Labute approximate surface area is 236 Å². The molecule has 0 spiro atoms. The number of piperazine rings is 1. The van der Waals surface area contributed by atoms with Crippen LogP contribution in [-0.4, -0.2) is 120 Å². The largest absolute Gasteiger partial charge is 0.367 e. The van der Waals surface area contributed by atoms with Gasteiger partial charge >= 0.3 is 0 Å². The predicted molar refractivity (Wildman–Crippen MR) is 146 cm³/mol. The second-order valence-electron chi connectivity index (χ2n) is 8.77. The fourth-order valence-electron chi connectivity index (χ4n) is 4.22. The van der Waals surface area contributed by atoms with Gasteiger partial charge in [0, 0.05) is 56.9 Å². The fourth-order valence-corrected chi connectivity index (χ4v) is 6.93. The number of carbonyl (C=O) groups is 1. The van der Waals surface area contributed by atoms with E-state index in [1.807, 2.05) is 0 Å². The minimum absolute atomic E-state index is 0.00151. The van der Waals surface area contributed by atoms with E-state index in [2.05, 4.69) is 15.9 Å². The number of rotatable bonds is 13. The van der Waals surface area contributed by atoms with Crippen molar-refractivity contribution in [2.75, 3.05) is 68.6 Å². The maximum atomic E-state index is 13.5. The second-order valence-corrected chi connectivity index (χ2v) is 14.8. The van der Waals surface area contributed by atoms with E-state index in [1.54, 1.807) is 6.92 Å². The zero-order chi connectivity index (χ0) is 29.8. The number of amides is 1. The molecular formula is C20H31BrN4O11S3. The third-order valence-corrected chi connectivity index (χ3v) is 9.35. The Morgan fingerprint density at radius 3 is 2.15 bits per heavy atom. The van der Waals surface area contributed by atoms with Gasteiger partial charge in [0.25, 0.3) is 31.8 Å². The molecule has 19 heteroatoms. The number of hydrogen-bond donors (Lipinski definition) is 1. The maximum Gasteiger partial charge on any atom is 0.283 e. The molecule has 1 amide bonds. The van der Waals surface area contributed by atoms with Crippen molar-refractivity contribution in [1.29, 1.82) is 0 Å². The number of halogens is 1. The van der Waals surface area contributed by atoms with Gasteiger partial charge in [-0.15, -0.1) is 0 Å². The zero-order valence-electron chi connectivity index (χ0n) is 21.5. The van der Waals surface area contributed by atoms with Crippen LogP contribution in [-0.2, 0) is 34.3 Å².